The summed E-state index contributed by atoms with van der Waals surface area (Å²) in [5, 5.41) is 11.8. The predicted molar refractivity (Wildman–Crippen MR) is 114 cm³/mol. The van der Waals surface area contributed by atoms with E-state index in [-0.39, 0.29) is 22.6 Å². The minimum Gasteiger partial charge on any atom is -0.490 e. The van der Waals surface area contributed by atoms with E-state index >= 15 is 0 Å². The lowest BCUT2D eigenvalue weighted by atomic mass is 10.0. The number of aromatic nitrogens is 1. The summed E-state index contributed by atoms with van der Waals surface area (Å²) in [5.41, 5.74) is 1.08. The summed E-state index contributed by atoms with van der Waals surface area (Å²) in [6, 6.07) is 9.27. The Hall–Kier alpha value is -3.81. The van der Waals surface area contributed by atoms with Crippen molar-refractivity contribution in [2.45, 2.75) is 19.8 Å². The number of nitrogens with one attached hydrogen (secondary N) is 1. The average Bonchev–Trinajstić information content (AvgIpc) is 3.58. The number of carbonyl (C=O) groups excluding carboxylic acids is 1. The van der Waals surface area contributed by atoms with Crippen LogP contribution in [0.3, 0.4) is 0 Å². The zero-order valence-corrected chi connectivity index (χ0v) is 17.2. The molecule has 164 valence electrons. The molecule has 1 aromatic heterocycles. The topological polar surface area (TPSA) is 88.5 Å². The van der Waals surface area contributed by atoms with Crippen molar-refractivity contribution in [1.82, 2.24) is 4.98 Å². The number of benzene rings is 2. The van der Waals surface area contributed by atoms with Crippen LogP contribution < -0.4 is 10.1 Å². The molecule has 0 atom stereocenters. The van der Waals surface area contributed by atoms with Crippen LogP contribution in [0.15, 0.2) is 48.7 Å². The highest BCUT2D eigenvalue weighted by atomic mass is 19.1. The number of rotatable bonds is 7. The monoisotopic (exact) mass is 438 g/mol. The van der Waals surface area contributed by atoms with Crippen LogP contribution >= 0.6 is 0 Å². The second-order valence-corrected chi connectivity index (χ2v) is 7.71. The van der Waals surface area contributed by atoms with Crippen molar-refractivity contribution >= 4 is 17.6 Å². The van der Waals surface area contributed by atoms with Gasteiger partial charge in [0.15, 0.2) is 11.6 Å². The molecule has 1 fully saturated rings. The van der Waals surface area contributed by atoms with Gasteiger partial charge in [0.05, 0.1) is 23.4 Å². The normalized spacial score (nSPS) is 13.0. The van der Waals surface area contributed by atoms with Gasteiger partial charge in [0.2, 0.25) is 0 Å². The highest BCUT2D eigenvalue weighted by Crippen LogP contribution is 2.31. The van der Waals surface area contributed by atoms with Crippen LogP contribution in [0.4, 0.5) is 14.5 Å². The van der Waals surface area contributed by atoms with Crippen molar-refractivity contribution in [1.29, 1.82) is 0 Å². The number of ether oxygens (including phenoxy) is 1. The van der Waals surface area contributed by atoms with Gasteiger partial charge >= 0.3 is 5.97 Å². The van der Waals surface area contributed by atoms with Crippen LogP contribution in [0.25, 0.3) is 11.1 Å². The second-order valence-electron chi connectivity index (χ2n) is 7.71. The molecular formula is C24H20F2N2O4. The molecule has 2 N–H and O–H groups in total. The molecular weight excluding hydrogens is 418 g/mol. The third-order valence-electron chi connectivity index (χ3n) is 5.22. The molecule has 8 heteroatoms. The standard InChI is InChI=1S/C24H20F2N2O4/c1-13-18(24(30)31)9-16(11-27-13)15-4-6-20(25)19(8-15)23(29)28-17-5-7-22(21(26)10-17)32-12-14-2-3-14/h4-11,14H,2-3,12H2,1H3,(H,28,29)(H,30,31). The van der Waals surface area contributed by atoms with Gasteiger partial charge in [-0.2, -0.15) is 0 Å². The van der Waals surface area contributed by atoms with Gasteiger partial charge < -0.3 is 15.2 Å². The van der Waals surface area contributed by atoms with Crippen molar-refractivity contribution in [2.75, 3.05) is 11.9 Å². The molecule has 1 saturated carbocycles. The van der Waals surface area contributed by atoms with Gasteiger partial charge in [-0.3, -0.25) is 9.78 Å². The Labute approximate surface area is 182 Å². The second kappa shape index (κ2) is 8.74. The molecule has 0 aliphatic heterocycles. The first-order chi connectivity index (χ1) is 15.3. The van der Waals surface area contributed by atoms with Crippen molar-refractivity contribution in [3.63, 3.8) is 0 Å². The summed E-state index contributed by atoms with van der Waals surface area (Å²) in [6.45, 7) is 2.02. The van der Waals surface area contributed by atoms with E-state index in [2.05, 4.69) is 10.3 Å². The lowest BCUT2D eigenvalue weighted by Crippen LogP contribution is -2.14. The molecule has 2 aromatic carbocycles. The summed E-state index contributed by atoms with van der Waals surface area (Å²) in [4.78, 5) is 28.1. The number of carboxylic acid groups (broad SMARTS) is 1. The zero-order chi connectivity index (χ0) is 22.8. The number of anilines is 1. The third kappa shape index (κ3) is 4.74. The van der Waals surface area contributed by atoms with Gasteiger partial charge in [0.25, 0.3) is 5.91 Å². The number of pyridine rings is 1. The summed E-state index contributed by atoms with van der Waals surface area (Å²) in [7, 11) is 0. The molecule has 1 amide bonds. The van der Waals surface area contributed by atoms with Gasteiger partial charge in [0.1, 0.15) is 5.82 Å². The number of hydrogen-bond donors (Lipinski definition) is 2. The van der Waals surface area contributed by atoms with Crippen LogP contribution in [0, 0.1) is 24.5 Å². The fourth-order valence-corrected chi connectivity index (χ4v) is 3.17. The van der Waals surface area contributed by atoms with E-state index in [1.807, 2.05) is 0 Å². The van der Waals surface area contributed by atoms with E-state index in [0.717, 1.165) is 25.0 Å². The number of nitrogens with zero attached hydrogens (tertiary/aromatic N) is 1. The van der Waals surface area contributed by atoms with E-state index in [0.29, 0.717) is 29.3 Å². The Bertz CT molecular complexity index is 1210. The predicted octanol–water partition coefficient (Wildman–Crippen LogP) is 5.07. The van der Waals surface area contributed by atoms with E-state index < -0.39 is 23.5 Å². The number of amides is 1. The molecule has 0 bridgehead atoms. The van der Waals surface area contributed by atoms with Crippen molar-refractivity contribution in [2.24, 2.45) is 5.92 Å². The lowest BCUT2D eigenvalue weighted by Gasteiger charge is -2.11. The van der Waals surface area contributed by atoms with Gasteiger partial charge in [-0.1, -0.05) is 6.07 Å². The number of aryl methyl sites for hydroxylation is 1. The fourth-order valence-electron chi connectivity index (χ4n) is 3.17. The zero-order valence-electron chi connectivity index (χ0n) is 17.2. The smallest absolute Gasteiger partial charge is 0.337 e. The van der Waals surface area contributed by atoms with Crippen LogP contribution in [0.2, 0.25) is 0 Å². The van der Waals surface area contributed by atoms with Gasteiger partial charge in [-0.05, 0) is 61.6 Å². The van der Waals surface area contributed by atoms with Crippen LogP contribution in [-0.2, 0) is 0 Å². The molecule has 1 heterocycles. The van der Waals surface area contributed by atoms with E-state index in [9.17, 15) is 23.5 Å². The quantitative estimate of drug-likeness (QED) is 0.537. The average molecular weight is 438 g/mol. The lowest BCUT2D eigenvalue weighted by molar-refractivity contribution is 0.0695. The minimum atomic E-state index is -1.14. The number of carbonyl (C=O) groups is 2. The van der Waals surface area contributed by atoms with Gasteiger partial charge in [-0.15, -0.1) is 0 Å². The van der Waals surface area contributed by atoms with Crippen LogP contribution in [0.5, 0.6) is 5.75 Å². The Morgan fingerprint density at radius 1 is 1.06 bits per heavy atom. The molecule has 32 heavy (non-hydrogen) atoms. The molecule has 4 rings (SSSR count). The molecule has 0 radical (unpaired) electrons. The minimum absolute atomic E-state index is 0.0114. The molecule has 0 saturated heterocycles. The first-order valence-electron chi connectivity index (χ1n) is 10.1. The maximum Gasteiger partial charge on any atom is 0.337 e. The number of carboxylic acids is 1. The first-order valence-corrected chi connectivity index (χ1v) is 10.1. The summed E-state index contributed by atoms with van der Waals surface area (Å²) >= 11 is 0. The molecule has 1 aliphatic rings. The van der Waals surface area contributed by atoms with Gasteiger partial charge in [-0.25, -0.2) is 13.6 Å². The fraction of sp³-hybridized carbons (Fsp3) is 0.208. The van der Waals surface area contributed by atoms with E-state index in [1.54, 1.807) is 6.92 Å². The molecule has 3 aromatic rings. The maximum absolute atomic E-state index is 14.4. The SMILES string of the molecule is Cc1ncc(-c2ccc(F)c(C(=O)Nc3ccc(OCC4CC4)c(F)c3)c2)cc1C(=O)O. The van der Waals surface area contributed by atoms with Crippen molar-refractivity contribution in [3.05, 3.63) is 77.1 Å². The highest BCUT2D eigenvalue weighted by molar-refractivity contribution is 6.05. The van der Waals surface area contributed by atoms with Gasteiger partial charge in [0, 0.05) is 23.5 Å². The Morgan fingerprint density at radius 2 is 1.81 bits per heavy atom. The summed E-state index contributed by atoms with van der Waals surface area (Å²) in [6.07, 6.45) is 3.61. The molecule has 0 spiro atoms. The maximum atomic E-state index is 14.4. The van der Waals surface area contributed by atoms with E-state index in [1.165, 1.54) is 36.5 Å². The Kier molecular flexibility index (Phi) is 5.85. The van der Waals surface area contributed by atoms with Crippen molar-refractivity contribution < 1.29 is 28.2 Å². The van der Waals surface area contributed by atoms with Crippen LogP contribution in [-0.4, -0.2) is 28.6 Å². The first kappa shape index (κ1) is 21.4. The Balaban J connectivity index is 1.54. The molecule has 0 unspecified atom stereocenters. The van der Waals surface area contributed by atoms with E-state index in [4.69, 9.17) is 4.74 Å². The Morgan fingerprint density at radius 3 is 2.50 bits per heavy atom. The summed E-state index contributed by atoms with van der Waals surface area (Å²) < 4.78 is 34.1. The highest BCUT2D eigenvalue weighted by Gasteiger charge is 2.22. The third-order valence-corrected chi connectivity index (χ3v) is 5.22. The summed E-state index contributed by atoms with van der Waals surface area (Å²) in [5.74, 6) is -2.72. The number of halogens is 2. The number of aromatic carboxylic acids is 1. The number of hydrogen-bond acceptors (Lipinski definition) is 4. The largest absolute Gasteiger partial charge is 0.490 e. The van der Waals surface area contributed by atoms with Crippen molar-refractivity contribution in [3.8, 4) is 16.9 Å². The van der Waals surface area contributed by atoms with Crippen LogP contribution in [0.1, 0.15) is 39.3 Å². The molecule has 1 aliphatic carbocycles. The molecule has 6 nitrogen and oxygen atoms in total.